The molecule has 222 valence electrons. The predicted octanol–water partition coefficient (Wildman–Crippen LogP) is 3.61. The zero-order valence-electron chi connectivity index (χ0n) is 24.5. The Morgan fingerprint density at radius 1 is 1.07 bits per heavy atom. The maximum atomic E-state index is 13.9. The molecule has 1 N–H and O–H groups in total. The van der Waals surface area contributed by atoms with Crippen LogP contribution in [0.2, 0.25) is 0 Å². The molecule has 1 aliphatic heterocycles. The number of fused-ring (bicyclic) bond motifs is 1. The van der Waals surface area contributed by atoms with E-state index in [1.54, 1.807) is 29.1 Å². The fourth-order valence-electron chi connectivity index (χ4n) is 5.53. The van der Waals surface area contributed by atoms with E-state index >= 15 is 0 Å². The van der Waals surface area contributed by atoms with Crippen molar-refractivity contribution in [1.82, 2.24) is 33.8 Å². The number of hydrogen-bond donors (Lipinski definition) is 1. The van der Waals surface area contributed by atoms with E-state index in [4.69, 9.17) is 9.72 Å². The maximum absolute atomic E-state index is 13.9. The minimum absolute atomic E-state index is 0.0539. The van der Waals surface area contributed by atoms with Gasteiger partial charge in [-0.25, -0.2) is 37.6 Å². The number of nitrogens with zero attached hydrogens (tertiary/aromatic N) is 7. The van der Waals surface area contributed by atoms with Crippen molar-refractivity contribution in [2.45, 2.75) is 71.8 Å². The predicted molar refractivity (Wildman–Crippen MR) is 158 cm³/mol. The van der Waals surface area contributed by atoms with E-state index in [-0.39, 0.29) is 35.0 Å². The largest absolute Gasteiger partial charge is 0.480 e. The molecule has 1 unspecified atom stereocenters. The van der Waals surface area contributed by atoms with Crippen LogP contribution in [0, 0.1) is 11.8 Å². The molecule has 1 aliphatic carbocycles. The van der Waals surface area contributed by atoms with Gasteiger partial charge in [0.25, 0.3) is 5.56 Å². The summed E-state index contributed by atoms with van der Waals surface area (Å²) in [4.78, 5) is 36.9. The lowest BCUT2D eigenvalue weighted by Crippen LogP contribution is -2.41. The van der Waals surface area contributed by atoms with Gasteiger partial charge in [0.15, 0.2) is 17.3 Å². The van der Waals surface area contributed by atoms with Gasteiger partial charge in [-0.3, -0.25) is 9.36 Å². The number of ether oxygens (including phenoxy) is 1. The van der Waals surface area contributed by atoms with Crippen molar-refractivity contribution in [3.8, 4) is 17.3 Å². The van der Waals surface area contributed by atoms with Gasteiger partial charge in [0, 0.05) is 25.7 Å². The number of aromatic nitrogens is 6. The Bertz CT molecular complexity index is 1570. The van der Waals surface area contributed by atoms with Crippen LogP contribution in [0.1, 0.15) is 77.5 Å². The van der Waals surface area contributed by atoms with Crippen LogP contribution in [0.5, 0.6) is 5.88 Å². The average Bonchev–Trinajstić information content (AvgIpc) is 3.85. The van der Waals surface area contributed by atoms with Crippen molar-refractivity contribution in [3.05, 3.63) is 28.6 Å². The van der Waals surface area contributed by atoms with Crippen molar-refractivity contribution in [2.24, 2.45) is 11.8 Å². The molecule has 0 aromatic carbocycles. The van der Waals surface area contributed by atoms with Crippen molar-refractivity contribution in [1.29, 1.82) is 0 Å². The van der Waals surface area contributed by atoms with Crippen LogP contribution < -0.4 is 15.6 Å². The Morgan fingerprint density at radius 3 is 2.44 bits per heavy atom. The minimum atomic E-state index is -3.18. The highest BCUT2D eigenvalue weighted by atomic mass is 32.2. The first-order valence-corrected chi connectivity index (χ1v) is 16.2. The van der Waals surface area contributed by atoms with E-state index in [1.807, 2.05) is 0 Å². The second kappa shape index (κ2) is 12.0. The van der Waals surface area contributed by atoms with Crippen LogP contribution in [-0.4, -0.2) is 74.7 Å². The standard InChI is InChI=1S/C28H40N8O4S/c1-6-17(3)23-22(27(40-5)32-16-31-23)24-30-15-21-26(34-24)36(18(4)20-8-9-20)28(37)25(33-21)29-14-19-10-12-35(13-11-19)41(38,39)7-2/h15-20H,6-14H2,1-5H3,(H,29,33)/t17?,18-/m1/s1. The van der Waals surface area contributed by atoms with Crippen molar-refractivity contribution in [3.63, 3.8) is 0 Å². The van der Waals surface area contributed by atoms with Gasteiger partial charge in [-0.2, -0.15) is 0 Å². The number of methoxy groups -OCH3 is 1. The third kappa shape index (κ3) is 5.92. The molecule has 2 fully saturated rings. The van der Waals surface area contributed by atoms with Crippen molar-refractivity contribution >= 4 is 27.0 Å². The Morgan fingerprint density at radius 2 is 1.80 bits per heavy atom. The molecule has 3 aromatic rings. The minimum Gasteiger partial charge on any atom is -0.480 e. The molecule has 0 spiro atoms. The lowest BCUT2D eigenvalue weighted by atomic mass is 9.98. The monoisotopic (exact) mass is 584 g/mol. The highest BCUT2D eigenvalue weighted by Crippen LogP contribution is 2.40. The second-order valence-corrected chi connectivity index (χ2v) is 13.4. The smallest absolute Gasteiger partial charge is 0.295 e. The molecule has 0 bridgehead atoms. The fourth-order valence-corrected chi connectivity index (χ4v) is 6.67. The van der Waals surface area contributed by atoms with E-state index in [1.165, 1.54) is 6.33 Å². The number of sulfonamides is 1. The summed E-state index contributed by atoms with van der Waals surface area (Å²) in [6, 6.07) is -0.0539. The molecule has 1 saturated heterocycles. The number of rotatable bonds is 11. The van der Waals surface area contributed by atoms with E-state index in [9.17, 15) is 13.2 Å². The fraction of sp³-hybridized carbons (Fsp3) is 0.643. The quantitative estimate of drug-likeness (QED) is 0.355. The zero-order valence-corrected chi connectivity index (χ0v) is 25.3. The second-order valence-electron chi connectivity index (χ2n) is 11.2. The number of piperidine rings is 1. The summed E-state index contributed by atoms with van der Waals surface area (Å²) in [6.45, 7) is 9.45. The summed E-state index contributed by atoms with van der Waals surface area (Å²) >= 11 is 0. The molecule has 5 rings (SSSR count). The summed E-state index contributed by atoms with van der Waals surface area (Å²) in [7, 11) is -1.62. The highest BCUT2D eigenvalue weighted by molar-refractivity contribution is 7.89. The number of anilines is 1. The van der Waals surface area contributed by atoms with Gasteiger partial charge in [-0.15, -0.1) is 0 Å². The van der Waals surface area contributed by atoms with E-state index in [0.717, 1.165) is 37.8 Å². The topological polar surface area (TPSA) is 145 Å². The molecular formula is C28H40N8O4S. The first-order valence-electron chi connectivity index (χ1n) is 14.6. The molecule has 13 heteroatoms. The first-order chi connectivity index (χ1) is 19.7. The summed E-state index contributed by atoms with van der Waals surface area (Å²) < 4.78 is 33.3. The Hall–Kier alpha value is -3.19. The van der Waals surface area contributed by atoms with Gasteiger partial charge in [0.2, 0.25) is 15.9 Å². The molecule has 1 saturated carbocycles. The van der Waals surface area contributed by atoms with E-state index < -0.39 is 10.0 Å². The molecule has 3 aromatic heterocycles. The van der Waals surface area contributed by atoms with Gasteiger partial charge < -0.3 is 10.1 Å². The molecule has 12 nitrogen and oxygen atoms in total. The Balaban J connectivity index is 1.49. The van der Waals surface area contributed by atoms with Crippen molar-refractivity contribution < 1.29 is 13.2 Å². The van der Waals surface area contributed by atoms with Crippen LogP contribution >= 0.6 is 0 Å². The Kier molecular flexibility index (Phi) is 8.55. The SMILES string of the molecule is CCC(C)c1ncnc(OC)c1-c1ncc2nc(NCC3CCN(S(=O)(=O)CC)CC3)c(=O)n([C@H](C)C3CC3)c2n1. The first kappa shape index (κ1) is 29.3. The summed E-state index contributed by atoms with van der Waals surface area (Å²) in [5.41, 5.74) is 2.21. The van der Waals surface area contributed by atoms with Crippen LogP contribution in [0.4, 0.5) is 5.82 Å². The average molecular weight is 585 g/mol. The van der Waals surface area contributed by atoms with Crippen LogP contribution in [0.15, 0.2) is 17.3 Å². The molecule has 0 amide bonds. The number of hydrogen-bond acceptors (Lipinski definition) is 10. The van der Waals surface area contributed by atoms with Gasteiger partial charge in [-0.1, -0.05) is 13.8 Å². The highest BCUT2D eigenvalue weighted by Gasteiger charge is 2.33. The van der Waals surface area contributed by atoms with Crippen LogP contribution in [-0.2, 0) is 10.0 Å². The van der Waals surface area contributed by atoms with Crippen molar-refractivity contribution in [2.75, 3.05) is 37.8 Å². The van der Waals surface area contributed by atoms with Crippen LogP contribution in [0.25, 0.3) is 22.6 Å². The van der Waals surface area contributed by atoms with Gasteiger partial charge in [-0.05, 0) is 63.7 Å². The third-order valence-corrected chi connectivity index (χ3v) is 10.5. The lowest BCUT2D eigenvalue weighted by Gasteiger charge is -2.31. The molecule has 2 aliphatic rings. The molecule has 4 heterocycles. The van der Waals surface area contributed by atoms with Crippen LogP contribution in [0.3, 0.4) is 0 Å². The molecular weight excluding hydrogens is 544 g/mol. The number of nitrogens with one attached hydrogen (secondary N) is 1. The summed E-state index contributed by atoms with van der Waals surface area (Å²) in [6.07, 6.45) is 7.61. The van der Waals surface area contributed by atoms with Gasteiger partial charge in [0.1, 0.15) is 17.4 Å². The van der Waals surface area contributed by atoms with Gasteiger partial charge >= 0.3 is 0 Å². The third-order valence-electron chi connectivity index (χ3n) is 8.57. The normalized spacial score (nSPS) is 18.4. The zero-order chi connectivity index (χ0) is 29.3. The van der Waals surface area contributed by atoms with E-state index in [0.29, 0.717) is 54.0 Å². The molecule has 2 atom stereocenters. The van der Waals surface area contributed by atoms with E-state index in [2.05, 4.69) is 46.0 Å². The summed E-state index contributed by atoms with van der Waals surface area (Å²) in [5, 5.41) is 3.29. The molecule has 0 radical (unpaired) electrons. The maximum Gasteiger partial charge on any atom is 0.295 e. The molecule has 41 heavy (non-hydrogen) atoms. The van der Waals surface area contributed by atoms with Gasteiger partial charge in [0.05, 0.1) is 24.8 Å². The lowest BCUT2D eigenvalue weighted by molar-refractivity contribution is 0.282. The summed E-state index contributed by atoms with van der Waals surface area (Å²) in [5.74, 6) is 1.95. The Labute approximate surface area is 241 Å².